The predicted molar refractivity (Wildman–Crippen MR) is 112 cm³/mol. The normalized spacial score (nSPS) is 16.0. The Morgan fingerprint density at radius 3 is 2.09 bits per heavy atom. The average Bonchev–Trinajstić information content (AvgIpc) is 2.73. The van der Waals surface area contributed by atoms with Gasteiger partial charge in [-0.3, -0.25) is 0 Å². The number of ether oxygens (including phenoxy) is 3. The Labute approximate surface area is 183 Å². The molecule has 170 valence electrons. The number of hydrogen-bond acceptors (Lipinski definition) is 6. The maximum Gasteiger partial charge on any atom is 0.338 e. The fourth-order valence-corrected chi connectivity index (χ4v) is 3.75. The summed E-state index contributed by atoms with van der Waals surface area (Å²) in [6, 6.07) is 5.95. The van der Waals surface area contributed by atoms with E-state index in [1.165, 1.54) is 14.2 Å². The lowest BCUT2D eigenvalue weighted by Gasteiger charge is -2.32. The molecule has 1 heterocycles. The van der Waals surface area contributed by atoms with Crippen LogP contribution in [-0.4, -0.2) is 26.8 Å². The van der Waals surface area contributed by atoms with Crippen LogP contribution < -0.4 is 20.5 Å². The number of halogens is 3. The van der Waals surface area contributed by atoms with Crippen molar-refractivity contribution in [1.82, 2.24) is 5.32 Å². The van der Waals surface area contributed by atoms with E-state index in [0.717, 1.165) is 0 Å². The lowest BCUT2D eigenvalue weighted by molar-refractivity contribution is -0.138. The lowest BCUT2D eigenvalue weighted by Crippen LogP contribution is -2.33. The van der Waals surface area contributed by atoms with Crippen molar-refractivity contribution in [2.45, 2.75) is 19.8 Å². The first kappa shape index (κ1) is 23.1. The number of dihydropyridines is 1. The van der Waals surface area contributed by atoms with E-state index < -0.39 is 34.9 Å². The van der Waals surface area contributed by atoms with Crippen LogP contribution in [0, 0.1) is 17.5 Å². The van der Waals surface area contributed by atoms with Crippen LogP contribution in [0.25, 0.3) is 5.57 Å². The molecule has 0 fully saturated rings. The number of carbonyl (C=O) groups excluding carboxylic acids is 1. The Morgan fingerprint density at radius 1 is 1.03 bits per heavy atom. The van der Waals surface area contributed by atoms with Crippen LogP contribution in [0.15, 0.2) is 47.4 Å². The monoisotopic (exact) mass is 448 g/mol. The van der Waals surface area contributed by atoms with Gasteiger partial charge in [-0.05, 0) is 37.1 Å². The molecule has 0 saturated carbocycles. The van der Waals surface area contributed by atoms with Crippen molar-refractivity contribution in [2.24, 2.45) is 5.73 Å². The Morgan fingerprint density at radius 2 is 1.59 bits per heavy atom. The number of rotatable bonds is 6. The van der Waals surface area contributed by atoms with Gasteiger partial charge in [-0.1, -0.05) is 0 Å². The first-order valence-corrected chi connectivity index (χ1v) is 9.74. The Kier molecular flexibility index (Phi) is 6.67. The largest absolute Gasteiger partial charge is 0.497 e. The molecule has 9 heteroatoms. The zero-order valence-corrected chi connectivity index (χ0v) is 18.0. The van der Waals surface area contributed by atoms with E-state index in [0.29, 0.717) is 29.2 Å². The number of nitrogens with one attached hydrogen (secondary N) is 1. The Hall–Kier alpha value is -3.62. The maximum atomic E-state index is 14.9. The second-order valence-corrected chi connectivity index (χ2v) is 7.03. The number of nitrogens with two attached hydrogens (primary N) is 1. The average molecular weight is 448 g/mol. The molecule has 0 aromatic heterocycles. The molecule has 0 bridgehead atoms. The summed E-state index contributed by atoms with van der Waals surface area (Å²) >= 11 is 0. The molecule has 1 atom stereocenters. The second-order valence-electron chi connectivity index (χ2n) is 7.03. The number of allylic oxidation sites excluding steroid dienone is 2. The van der Waals surface area contributed by atoms with Gasteiger partial charge in [0.25, 0.3) is 0 Å². The number of carbonyl (C=O) groups is 1. The molecular formula is C23H23F3N2O4. The van der Waals surface area contributed by atoms with Gasteiger partial charge in [-0.25, -0.2) is 18.0 Å². The van der Waals surface area contributed by atoms with Gasteiger partial charge < -0.3 is 25.3 Å². The first-order valence-electron chi connectivity index (χ1n) is 9.74. The number of esters is 1. The smallest absolute Gasteiger partial charge is 0.338 e. The van der Waals surface area contributed by atoms with Gasteiger partial charge in [0.15, 0.2) is 0 Å². The topological polar surface area (TPSA) is 82.8 Å². The highest BCUT2D eigenvalue weighted by Gasteiger charge is 2.38. The molecule has 6 nitrogen and oxygen atoms in total. The zero-order valence-electron chi connectivity index (χ0n) is 18.0. The number of benzene rings is 2. The summed E-state index contributed by atoms with van der Waals surface area (Å²) in [6.45, 7) is 3.23. The first-order chi connectivity index (χ1) is 15.2. The Bertz CT molecular complexity index is 1080. The summed E-state index contributed by atoms with van der Waals surface area (Å²) in [5, 5.41) is 2.79. The summed E-state index contributed by atoms with van der Waals surface area (Å²) in [5.41, 5.74) is 6.35. The van der Waals surface area contributed by atoms with E-state index in [1.807, 2.05) is 0 Å². The molecule has 3 N–H and O–H groups in total. The molecular weight excluding hydrogens is 425 g/mol. The highest BCUT2D eigenvalue weighted by atomic mass is 19.1. The number of methoxy groups -OCH3 is 2. The van der Waals surface area contributed by atoms with Crippen molar-refractivity contribution in [2.75, 3.05) is 20.8 Å². The van der Waals surface area contributed by atoms with Crippen molar-refractivity contribution in [3.63, 3.8) is 0 Å². The van der Waals surface area contributed by atoms with Crippen molar-refractivity contribution in [3.8, 4) is 11.5 Å². The highest BCUT2D eigenvalue weighted by Crippen LogP contribution is 2.46. The summed E-state index contributed by atoms with van der Waals surface area (Å²) in [5.74, 6) is -4.39. The van der Waals surface area contributed by atoms with Gasteiger partial charge in [0, 0.05) is 29.8 Å². The molecule has 1 aliphatic rings. The van der Waals surface area contributed by atoms with Crippen LogP contribution in [0.4, 0.5) is 13.2 Å². The van der Waals surface area contributed by atoms with Crippen LogP contribution in [0.5, 0.6) is 11.5 Å². The maximum absolute atomic E-state index is 14.9. The second kappa shape index (κ2) is 9.25. The third-order valence-electron chi connectivity index (χ3n) is 5.07. The van der Waals surface area contributed by atoms with Crippen molar-refractivity contribution >= 4 is 11.5 Å². The van der Waals surface area contributed by atoms with Gasteiger partial charge in [-0.15, -0.1) is 0 Å². The fourth-order valence-electron chi connectivity index (χ4n) is 3.75. The minimum atomic E-state index is -1.12. The summed E-state index contributed by atoms with van der Waals surface area (Å²) < 4.78 is 59.1. The highest BCUT2D eigenvalue weighted by molar-refractivity contribution is 5.97. The van der Waals surface area contributed by atoms with Crippen LogP contribution in [0.2, 0.25) is 0 Å². The minimum Gasteiger partial charge on any atom is -0.497 e. The van der Waals surface area contributed by atoms with Gasteiger partial charge >= 0.3 is 5.97 Å². The van der Waals surface area contributed by atoms with Crippen molar-refractivity contribution < 1.29 is 32.2 Å². The third-order valence-corrected chi connectivity index (χ3v) is 5.07. The molecule has 32 heavy (non-hydrogen) atoms. The fraction of sp³-hybridized carbons (Fsp3) is 0.261. The number of hydrogen-bond donors (Lipinski definition) is 2. The summed E-state index contributed by atoms with van der Waals surface area (Å²) in [4.78, 5) is 12.9. The molecule has 0 radical (unpaired) electrons. The molecule has 3 rings (SSSR count). The molecule has 0 aliphatic carbocycles. The molecule has 0 amide bonds. The molecule has 2 aromatic carbocycles. The molecule has 2 aromatic rings. The summed E-state index contributed by atoms with van der Waals surface area (Å²) in [7, 11) is 2.89. The van der Waals surface area contributed by atoms with Crippen LogP contribution in [0.1, 0.15) is 30.9 Å². The van der Waals surface area contributed by atoms with Crippen molar-refractivity contribution in [3.05, 3.63) is 76.0 Å². The summed E-state index contributed by atoms with van der Waals surface area (Å²) in [6.07, 6.45) is 0. The van der Waals surface area contributed by atoms with E-state index in [4.69, 9.17) is 19.9 Å². The van der Waals surface area contributed by atoms with E-state index in [1.54, 1.807) is 32.0 Å². The molecule has 0 saturated heterocycles. The Balaban J connectivity index is 2.35. The van der Waals surface area contributed by atoms with E-state index in [9.17, 15) is 18.0 Å². The van der Waals surface area contributed by atoms with E-state index in [2.05, 4.69) is 5.32 Å². The van der Waals surface area contributed by atoms with Gasteiger partial charge in [0.05, 0.1) is 32.0 Å². The van der Waals surface area contributed by atoms with Gasteiger partial charge in [0.1, 0.15) is 34.8 Å². The quantitative estimate of drug-likeness (QED) is 0.651. The van der Waals surface area contributed by atoms with Crippen LogP contribution in [-0.2, 0) is 9.53 Å². The van der Waals surface area contributed by atoms with E-state index in [-0.39, 0.29) is 29.3 Å². The standard InChI is InChI=1S/C23H23F3N2O4/c1-5-32-23(29)21-19(12-6-14(30-3)10-15(7-12)31-4)18(11(2)28-22(21)27)20-16(25)8-13(24)9-17(20)26/h6-10,19,28H,5,27H2,1-4H3. The van der Waals surface area contributed by atoms with Gasteiger partial charge in [0.2, 0.25) is 0 Å². The zero-order chi connectivity index (χ0) is 23.6. The van der Waals surface area contributed by atoms with Crippen LogP contribution in [0.3, 0.4) is 0 Å². The SMILES string of the molecule is CCOC(=O)C1=C(N)NC(C)=C(c2c(F)cc(F)cc2F)C1c1cc(OC)cc(OC)c1. The van der Waals surface area contributed by atoms with E-state index >= 15 is 0 Å². The lowest BCUT2D eigenvalue weighted by atomic mass is 9.78. The molecule has 1 unspecified atom stereocenters. The van der Waals surface area contributed by atoms with Crippen molar-refractivity contribution in [1.29, 1.82) is 0 Å². The molecule has 0 spiro atoms. The minimum absolute atomic E-state index is 0.0283. The predicted octanol–water partition coefficient (Wildman–Crippen LogP) is 3.97. The van der Waals surface area contributed by atoms with Gasteiger partial charge in [-0.2, -0.15) is 0 Å². The molecule has 1 aliphatic heterocycles. The van der Waals surface area contributed by atoms with Crippen LogP contribution >= 0.6 is 0 Å². The third kappa shape index (κ3) is 4.23.